The van der Waals surface area contributed by atoms with Crippen molar-refractivity contribution >= 4 is 44.5 Å². The second-order valence-electron chi connectivity index (χ2n) is 7.41. The molecule has 28 heavy (non-hydrogen) atoms. The Labute approximate surface area is 170 Å². The number of nitrogens with zero attached hydrogens (tertiary/aromatic N) is 2. The SMILES string of the molecule is Cc1sc(NC(=O)C(C)(C)C)c(C(=O)OCc2cc(=O)n3ccsc3n2)c1C. The van der Waals surface area contributed by atoms with Crippen LogP contribution in [-0.4, -0.2) is 21.3 Å². The molecule has 0 bridgehead atoms. The fourth-order valence-corrected chi connectivity index (χ4v) is 4.21. The van der Waals surface area contributed by atoms with Crippen LogP contribution in [0.4, 0.5) is 5.00 Å². The maximum Gasteiger partial charge on any atom is 0.341 e. The smallest absolute Gasteiger partial charge is 0.341 e. The van der Waals surface area contributed by atoms with Crippen molar-refractivity contribution in [3.63, 3.8) is 0 Å². The normalized spacial score (nSPS) is 11.6. The van der Waals surface area contributed by atoms with E-state index in [4.69, 9.17) is 4.74 Å². The molecular formula is C19H21N3O4S2. The lowest BCUT2D eigenvalue weighted by Gasteiger charge is -2.17. The Morgan fingerprint density at radius 3 is 2.68 bits per heavy atom. The quantitative estimate of drug-likeness (QED) is 0.650. The van der Waals surface area contributed by atoms with Gasteiger partial charge < -0.3 is 10.1 Å². The lowest BCUT2D eigenvalue weighted by molar-refractivity contribution is -0.123. The Kier molecular flexibility index (Phi) is 5.40. The number of thiazole rings is 1. The highest BCUT2D eigenvalue weighted by Crippen LogP contribution is 2.34. The molecule has 0 saturated carbocycles. The third kappa shape index (κ3) is 4.00. The van der Waals surface area contributed by atoms with Crippen molar-refractivity contribution in [2.24, 2.45) is 5.41 Å². The van der Waals surface area contributed by atoms with Gasteiger partial charge in [-0.25, -0.2) is 9.78 Å². The van der Waals surface area contributed by atoms with Gasteiger partial charge in [-0.2, -0.15) is 0 Å². The molecule has 3 heterocycles. The zero-order chi connectivity index (χ0) is 20.6. The number of aryl methyl sites for hydroxylation is 1. The first-order valence-electron chi connectivity index (χ1n) is 8.62. The lowest BCUT2D eigenvalue weighted by Crippen LogP contribution is -2.28. The van der Waals surface area contributed by atoms with Gasteiger partial charge in [0.15, 0.2) is 4.96 Å². The summed E-state index contributed by atoms with van der Waals surface area (Å²) in [5.41, 5.74) is 0.675. The van der Waals surface area contributed by atoms with Gasteiger partial charge in [-0.3, -0.25) is 14.0 Å². The summed E-state index contributed by atoms with van der Waals surface area (Å²) in [6.07, 6.45) is 1.65. The van der Waals surface area contributed by atoms with E-state index >= 15 is 0 Å². The number of nitrogens with one attached hydrogen (secondary N) is 1. The van der Waals surface area contributed by atoms with E-state index in [-0.39, 0.29) is 18.1 Å². The molecule has 0 fully saturated rings. The molecule has 0 aliphatic carbocycles. The molecule has 9 heteroatoms. The monoisotopic (exact) mass is 419 g/mol. The minimum atomic E-state index is -0.588. The molecule has 148 valence electrons. The van der Waals surface area contributed by atoms with E-state index in [1.165, 1.54) is 33.1 Å². The fraction of sp³-hybridized carbons (Fsp3) is 0.368. The van der Waals surface area contributed by atoms with Crippen LogP contribution in [0.15, 0.2) is 22.4 Å². The molecule has 0 atom stereocenters. The van der Waals surface area contributed by atoms with Crippen molar-refractivity contribution in [1.82, 2.24) is 9.38 Å². The van der Waals surface area contributed by atoms with E-state index in [1.807, 2.05) is 13.8 Å². The molecule has 1 N–H and O–H groups in total. The van der Waals surface area contributed by atoms with E-state index in [9.17, 15) is 14.4 Å². The van der Waals surface area contributed by atoms with Crippen molar-refractivity contribution < 1.29 is 14.3 Å². The number of carbonyl (C=O) groups is 2. The minimum Gasteiger partial charge on any atom is -0.455 e. The van der Waals surface area contributed by atoms with E-state index in [2.05, 4.69) is 10.3 Å². The number of hydrogen-bond donors (Lipinski definition) is 1. The highest BCUT2D eigenvalue weighted by atomic mass is 32.1. The standard InChI is InChI=1S/C19H21N3O4S2/c1-10-11(2)28-15(21-17(25)19(3,4)5)14(10)16(24)26-9-12-8-13(23)22-6-7-27-18(22)20-12/h6-8H,9H2,1-5H3,(H,21,25). The molecule has 3 rings (SSSR count). The van der Waals surface area contributed by atoms with Gasteiger partial charge in [-0.1, -0.05) is 20.8 Å². The molecule has 0 unspecified atom stereocenters. The summed E-state index contributed by atoms with van der Waals surface area (Å²) in [5.74, 6) is -0.736. The van der Waals surface area contributed by atoms with Crippen LogP contribution in [0, 0.1) is 19.3 Å². The molecule has 0 aliphatic heterocycles. The molecule has 0 radical (unpaired) electrons. The number of carbonyl (C=O) groups excluding carboxylic acids is 2. The van der Waals surface area contributed by atoms with Gasteiger partial charge in [-0.15, -0.1) is 22.7 Å². The van der Waals surface area contributed by atoms with E-state index in [0.29, 0.717) is 21.2 Å². The summed E-state index contributed by atoms with van der Waals surface area (Å²) in [7, 11) is 0. The summed E-state index contributed by atoms with van der Waals surface area (Å²) >= 11 is 2.67. The Morgan fingerprint density at radius 1 is 1.29 bits per heavy atom. The number of rotatable bonds is 4. The second-order valence-corrected chi connectivity index (χ2v) is 9.51. The minimum absolute atomic E-state index is 0.122. The van der Waals surface area contributed by atoms with Crippen molar-refractivity contribution in [2.75, 3.05) is 5.32 Å². The zero-order valence-electron chi connectivity index (χ0n) is 16.3. The van der Waals surface area contributed by atoms with Gasteiger partial charge in [0.05, 0.1) is 11.3 Å². The molecule has 0 aliphatic rings. The molecule has 7 nitrogen and oxygen atoms in total. The lowest BCUT2D eigenvalue weighted by atomic mass is 9.96. The predicted molar refractivity (Wildman–Crippen MR) is 110 cm³/mol. The van der Waals surface area contributed by atoms with Gasteiger partial charge in [-0.05, 0) is 19.4 Å². The largest absolute Gasteiger partial charge is 0.455 e. The molecule has 0 spiro atoms. The van der Waals surface area contributed by atoms with Crippen LogP contribution >= 0.6 is 22.7 Å². The third-order valence-corrected chi connectivity index (χ3v) is 6.08. The van der Waals surface area contributed by atoms with Crippen LogP contribution in [-0.2, 0) is 16.1 Å². The summed E-state index contributed by atoms with van der Waals surface area (Å²) in [6.45, 7) is 8.99. The van der Waals surface area contributed by atoms with Crippen molar-refractivity contribution in [2.45, 2.75) is 41.2 Å². The van der Waals surface area contributed by atoms with E-state index < -0.39 is 11.4 Å². The zero-order valence-corrected chi connectivity index (χ0v) is 17.9. The molecular weight excluding hydrogens is 398 g/mol. The Balaban J connectivity index is 1.81. The number of fused-ring (bicyclic) bond motifs is 1. The van der Waals surface area contributed by atoms with Gasteiger partial charge in [0.2, 0.25) is 5.91 Å². The van der Waals surface area contributed by atoms with Gasteiger partial charge in [0.25, 0.3) is 5.56 Å². The van der Waals surface area contributed by atoms with Crippen molar-refractivity contribution in [3.8, 4) is 0 Å². The van der Waals surface area contributed by atoms with Crippen LogP contribution < -0.4 is 10.9 Å². The van der Waals surface area contributed by atoms with Crippen molar-refractivity contribution in [3.05, 3.63) is 49.7 Å². The van der Waals surface area contributed by atoms with E-state index in [0.717, 1.165) is 10.4 Å². The van der Waals surface area contributed by atoms with Gasteiger partial charge in [0, 0.05) is 27.9 Å². The summed E-state index contributed by atoms with van der Waals surface area (Å²) in [5, 5.41) is 5.07. The summed E-state index contributed by atoms with van der Waals surface area (Å²) in [6, 6.07) is 1.35. The molecule has 0 aromatic carbocycles. The maximum absolute atomic E-state index is 12.7. The number of ether oxygens (including phenoxy) is 1. The predicted octanol–water partition coefficient (Wildman–Crippen LogP) is 3.78. The van der Waals surface area contributed by atoms with Gasteiger partial charge >= 0.3 is 5.97 Å². The summed E-state index contributed by atoms with van der Waals surface area (Å²) < 4.78 is 6.84. The van der Waals surface area contributed by atoms with Crippen molar-refractivity contribution in [1.29, 1.82) is 0 Å². The van der Waals surface area contributed by atoms with Crippen LogP contribution in [0.2, 0.25) is 0 Å². The van der Waals surface area contributed by atoms with Crippen LogP contribution in [0.1, 0.15) is 47.3 Å². The molecule has 0 saturated heterocycles. The summed E-state index contributed by atoms with van der Waals surface area (Å²) in [4.78, 5) is 42.9. The van der Waals surface area contributed by atoms with Crippen LogP contribution in [0.25, 0.3) is 4.96 Å². The first-order chi connectivity index (χ1) is 13.1. The Hall–Kier alpha value is -2.52. The molecule has 3 aromatic heterocycles. The first kappa shape index (κ1) is 20.2. The first-order valence-corrected chi connectivity index (χ1v) is 10.3. The average molecular weight is 420 g/mol. The Bertz CT molecular complexity index is 1120. The number of esters is 1. The topological polar surface area (TPSA) is 89.8 Å². The Morgan fingerprint density at radius 2 is 2.00 bits per heavy atom. The number of anilines is 1. The third-order valence-electron chi connectivity index (χ3n) is 4.21. The number of aromatic nitrogens is 2. The fourth-order valence-electron chi connectivity index (χ4n) is 2.42. The molecule has 1 amide bonds. The molecule has 3 aromatic rings. The van der Waals surface area contributed by atoms with Crippen LogP contribution in [0.5, 0.6) is 0 Å². The second kappa shape index (κ2) is 7.48. The van der Waals surface area contributed by atoms with Gasteiger partial charge in [0.1, 0.15) is 11.6 Å². The maximum atomic E-state index is 12.7. The van der Waals surface area contributed by atoms with E-state index in [1.54, 1.807) is 32.3 Å². The van der Waals surface area contributed by atoms with Crippen LogP contribution in [0.3, 0.4) is 0 Å². The highest BCUT2D eigenvalue weighted by Gasteiger charge is 2.27. The average Bonchev–Trinajstić information content (AvgIpc) is 3.17. The number of amides is 1. The number of hydrogen-bond acceptors (Lipinski definition) is 7. The number of thiophene rings is 1. The highest BCUT2D eigenvalue weighted by molar-refractivity contribution is 7.16.